The average molecular weight is 505 g/mol. The van der Waals surface area contributed by atoms with Crippen LogP contribution >= 0.6 is 0 Å². The summed E-state index contributed by atoms with van der Waals surface area (Å²) in [6, 6.07) is 12.5. The quantitative estimate of drug-likeness (QED) is 0.406. The van der Waals surface area contributed by atoms with E-state index in [0.29, 0.717) is 25.3 Å². The van der Waals surface area contributed by atoms with E-state index in [-0.39, 0.29) is 10.8 Å². The third-order valence-electron chi connectivity index (χ3n) is 7.46. The Morgan fingerprint density at radius 3 is 2.64 bits per heavy atom. The number of hydrogen-bond donors (Lipinski definition) is 0. The number of pyridine rings is 1. The Hall–Kier alpha value is -3.30. The molecule has 0 radical (unpaired) electrons. The molecule has 1 aliphatic rings. The van der Waals surface area contributed by atoms with Crippen LogP contribution in [-0.2, 0) is 23.6 Å². The Bertz CT molecular complexity index is 1550. The summed E-state index contributed by atoms with van der Waals surface area (Å²) in [6.45, 7) is 7.69. The molecule has 0 saturated heterocycles. The van der Waals surface area contributed by atoms with Gasteiger partial charge in [0.2, 0.25) is 10.0 Å². The lowest BCUT2D eigenvalue weighted by Gasteiger charge is -2.23. The molecule has 0 saturated carbocycles. The summed E-state index contributed by atoms with van der Waals surface area (Å²) in [5.74, 6) is 0.174. The number of nitrogens with zero attached hydrogens (tertiary/aromatic N) is 6. The van der Waals surface area contributed by atoms with E-state index in [1.165, 1.54) is 17.3 Å². The zero-order valence-corrected chi connectivity index (χ0v) is 22.2. The molecule has 2 aromatic heterocycles. The highest BCUT2D eigenvalue weighted by Crippen LogP contribution is 2.35. The van der Waals surface area contributed by atoms with E-state index < -0.39 is 10.0 Å². The maximum atomic E-state index is 13.6. The van der Waals surface area contributed by atoms with Crippen LogP contribution in [0.2, 0.25) is 0 Å². The van der Waals surface area contributed by atoms with Crippen molar-refractivity contribution in [3.8, 4) is 0 Å². The summed E-state index contributed by atoms with van der Waals surface area (Å²) in [5.41, 5.74) is 8.27. The summed E-state index contributed by atoms with van der Waals surface area (Å²) in [5, 5.41) is 8.56. The first-order valence-electron chi connectivity index (χ1n) is 12.3. The van der Waals surface area contributed by atoms with Gasteiger partial charge in [-0.2, -0.15) is 4.31 Å². The van der Waals surface area contributed by atoms with Crippen LogP contribution in [0.3, 0.4) is 0 Å². The molecule has 36 heavy (non-hydrogen) atoms. The third kappa shape index (κ3) is 4.06. The molecule has 188 valence electrons. The van der Waals surface area contributed by atoms with Gasteiger partial charge >= 0.3 is 0 Å². The first-order chi connectivity index (χ1) is 17.2. The standard InChI is InChI=1S/C27H32N6O2S/c1-6-22(23-9-10-25-27(19(23)3)29-30-32(25)5)20-8-7-18(2)21(15-20)17-33-14-13-31(4)24-11-12-28-16-26(24)36(33,34)35/h7-12,15-16,22H,6,13-14,17H2,1-5H3. The van der Waals surface area contributed by atoms with Crippen molar-refractivity contribution in [3.05, 3.63) is 76.6 Å². The topological polar surface area (TPSA) is 84.2 Å². The van der Waals surface area contributed by atoms with Crippen molar-refractivity contribution in [2.24, 2.45) is 7.05 Å². The molecule has 0 aliphatic carbocycles. The van der Waals surface area contributed by atoms with Gasteiger partial charge in [0.25, 0.3) is 0 Å². The van der Waals surface area contributed by atoms with Gasteiger partial charge in [0.05, 0.1) is 11.2 Å². The van der Waals surface area contributed by atoms with Gasteiger partial charge in [-0.05, 0) is 60.2 Å². The van der Waals surface area contributed by atoms with E-state index in [9.17, 15) is 8.42 Å². The average Bonchev–Trinajstić information content (AvgIpc) is 3.22. The third-order valence-corrected chi connectivity index (χ3v) is 9.32. The highest BCUT2D eigenvalue weighted by molar-refractivity contribution is 7.89. The minimum absolute atomic E-state index is 0.174. The number of rotatable bonds is 5. The fourth-order valence-corrected chi connectivity index (χ4v) is 6.81. The second-order valence-electron chi connectivity index (χ2n) is 9.61. The molecule has 8 nitrogen and oxygen atoms in total. The molecule has 0 N–H and O–H groups in total. The zero-order chi connectivity index (χ0) is 25.6. The summed E-state index contributed by atoms with van der Waals surface area (Å²) >= 11 is 0. The largest absolute Gasteiger partial charge is 0.372 e. The van der Waals surface area contributed by atoms with Crippen LogP contribution in [0.5, 0.6) is 0 Å². The van der Waals surface area contributed by atoms with Crippen molar-refractivity contribution in [2.45, 2.75) is 44.6 Å². The lowest BCUT2D eigenvalue weighted by Crippen LogP contribution is -2.33. The number of aryl methyl sites for hydroxylation is 3. The van der Waals surface area contributed by atoms with E-state index in [0.717, 1.165) is 34.1 Å². The molecular formula is C27H32N6O2S. The number of sulfonamides is 1. The smallest absolute Gasteiger partial charge is 0.247 e. The fourth-order valence-electron chi connectivity index (χ4n) is 5.22. The van der Waals surface area contributed by atoms with Crippen molar-refractivity contribution in [2.75, 3.05) is 25.0 Å². The van der Waals surface area contributed by atoms with Gasteiger partial charge in [0, 0.05) is 52.0 Å². The van der Waals surface area contributed by atoms with Gasteiger partial charge in [-0.3, -0.25) is 4.98 Å². The van der Waals surface area contributed by atoms with Gasteiger partial charge in [-0.25, -0.2) is 13.1 Å². The lowest BCUT2D eigenvalue weighted by molar-refractivity contribution is 0.416. The minimum Gasteiger partial charge on any atom is -0.372 e. The molecule has 4 aromatic rings. The molecule has 2 aromatic carbocycles. The van der Waals surface area contributed by atoms with E-state index in [2.05, 4.69) is 59.5 Å². The van der Waals surface area contributed by atoms with Crippen LogP contribution in [0.25, 0.3) is 11.0 Å². The number of anilines is 1. The number of aromatic nitrogens is 4. The van der Waals surface area contributed by atoms with Crippen LogP contribution in [0.4, 0.5) is 5.69 Å². The zero-order valence-electron chi connectivity index (χ0n) is 21.4. The molecule has 0 fully saturated rings. The molecule has 1 atom stereocenters. The number of likely N-dealkylation sites (N-methyl/N-ethyl adjacent to an activating group) is 1. The minimum atomic E-state index is -3.68. The lowest BCUT2D eigenvalue weighted by atomic mass is 9.85. The predicted molar refractivity (Wildman–Crippen MR) is 142 cm³/mol. The Kier molecular flexibility index (Phi) is 6.30. The predicted octanol–water partition coefficient (Wildman–Crippen LogP) is 4.16. The normalized spacial score (nSPS) is 16.6. The van der Waals surface area contributed by atoms with Crippen molar-refractivity contribution in [3.63, 3.8) is 0 Å². The Morgan fingerprint density at radius 1 is 1.06 bits per heavy atom. The second-order valence-corrected chi connectivity index (χ2v) is 11.5. The maximum Gasteiger partial charge on any atom is 0.247 e. The molecule has 0 spiro atoms. The molecular weight excluding hydrogens is 472 g/mol. The molecule has 3 heterocycles. The Labute approximate surface area is 212 Å². The van der Waals surface area contributed by atoms with Crippen LogP contribution in [0, 0.1) is 13.8 Å². The number of fused-ring (bicyclic) bond motifs is 2. The summed E-state index contributed by atoms with van der Waals surface area (Å²) in [6.07, 6.45) is 4.02. The number of hydrogen-bond acceptors (Lipinski definition) is 6. The van der Waals surface area contributed by atoms with Crippen molar-refractivity contribution in [1.29, 1.82) is 0 Å². The van der Waals surface area contributed by atoms with Gasteiger partial charge in [0.1, 0.15) is 10.4 Å². The van der Waals surface area contributed by atoms with Crippen LogP contribution in [-0.4, -0.2) is 52.8 Å². The highest BCUT2D eigenvalue weighted by Gasteiger charge is 2.32. The van der Waals surface area contributed by atoms with Crippen LogP contribution in [0.1, 0.15) is 47.1 Å². The highest BCUT2D eigenvalue weighted by atomic mass is 32.2. The molecule has 1 unspecified atom stereocenters. The molecule has 0 bridgehead atoms. The van der Waals surface area contributed by atoms with Crippen LogP contribution in [0.15, 0.2) is 53.7 Å². The molecule has 1 aliphatic heterocycles. The first-order valence-corrected chi connectivity index (χ1v) is 13.7. The maximum absolute atomic E-state index is 13.6. The van der Waals surface area contributed by atoms with Gasteiger partial charge in [-0.15, -0.1) is 5.10 Å². The van der Waals surface area contributed by atoms with E-state index in [4.69, 9.17) is 0 Å². The Balaban J connectivity index is 1.52. The summed E-state index contributed by atoms with van der Waals surface area (Å²) in [7, 11) is 0.151. The number of benzene rings is 2. The fraction of sp³-hybridized carbons (Fsp3) is 0.370. The van der Waals surface area contributed by atoms with E-state index >= 15 is 0 Å². The van der Waals surface area contributed by atoms with Gasteiger partial charge in [-0.1, -0.05) is 36.4 Å². The van der Waals surface area contributed by atoms with Crippen molar-refractivity contribution in [1.82, 2.24) is 24.3 Å². The monoisotopic (exact) mass is 504 g/mol. The Morgan fingerprint density at radius 2 is 1.86 bits per heavy atom. The van der Waals surface area contributed by atoms with Gasteiger partial charge in [0.15, 0.2) is 0 Å². The SMILES string of the molecule is CCC(c1ccc(C)c(CN2CCN(C)c3ccncc3S2(=O)=O)c1)c1ccc2c(nnn2C)c1C. The molecule has 9 heteroatoms. The molecule has 0 amide bonds. The van der Waals surface area contributed by atoms with Gasteiger partial charge < -0.3 is 4.90 Å². The van der Waals surface area contributed by atoms with Crippen molar-refractivity contribution < 1.29 is 8.42 Å². The summed E-state index contributed by atoms with van der Waals surface area (Å²) < 4.78 is 30.6. The summed E-state index contributed by atoms with van der Waals surface area (Å²) in [4.78, 5) is 6.34. The molecule has 5 rings (SSSR count). The van der Waals surface area contributed by atoms with Crippen molar-refractivity contribution >= 4 is 26.7 Å². The first kappa shape index (κ1) is 24.4. The van der Waals surface area contributed by atoms with E-state index in [1.807, 2.05) is 25.9 Å². The van der Waals surface area contributed by atoms with E-state index in [1.54, 1.807) is 21.3 Å². The second kappa shape index (κ2) is 9.29. The van der Waals surface area contributed by atoms with Crippen LogP contribution < -0.4 is 4.90 Å².